The molecule has 0 saturated carbocycles. The molecule has 0 spiro atoms. The average Bonchev–Trinajstić information content (AvgIpc) is 2.87. The summed E-state index contributed by atoms with van der Waals surface area (Å²) >= 11 is 3.33. The molecule has 1 amide bonds. The topological polar surface area (TPSA) is 67.0 Å². The Morgan fingerprint density at radius 1 is 1.44 bits per heavy atom. The number of aromatic amines is 1. The Balaban J connectivity index is 1.75. The largest absolute Gasteiger partial charge is 0.484 e. The molecule has 0 saturated heterocycles. The van der Waals surface area contributed by atoms with Crippen LogP contribution in [0.1, 0.15) is 5.69 Å². The lowest BCUT2D eigenvalue weighted by atomic mass is 10.3. The molecule has 0 aliphatic rings. The van der Waals surface area contributed by atoms with Gasteiger partial charge in [-0.1, -0.05) is 22.0 Å². The van der Waals surface area contributed by atoms with Crippen LogP contribution in [0.2, 0.25) is 0 Å². The van der Waals surface area contributed by atoms with Gasteiger partial charge >= 0.3 is 0 Å². The van der Waals surface area contributed by atoms with Gasteiger partial charge in [0.05, 0.1) is 12.2 Å². The maximum atomic E-state index is 11.5. The van der Waals surface area contributed by atoms with Crippen molar-refractivity contribution in [1.29, 1.82) is 0 Å². The number of rotatable bonds is 5. The van der Waals surface area contributed by atoms with Crippen LogP contribution in [-0.2, 0) is 11.3 Å². The van der Waals surface area contributed by atoms with Gasteiger partial charge in [-0.2, -0.15) is 5.10 Å². The smallest absolute Gasteiger partial charge is 0.258 e. The van der Waals surface area contributed by atoms with Crippen LogP contribution < -0.4 is 10.1 Å². The van der Waals surface area contributed by atoms with Crippen LogP contribution in [0.5, 0.6) is 5.75 Å². The molecule has 2 N–H and O–H groups in total. The number of H-pyrrole nitrogens is 1. The van der Waals surface area contributed by atoms with Gasteiger partial charge in [0, 0.05) is 10.7 Å². The first-order chi connectivity index (χ1) is 8.74. The van der Waals surface area contributed by atoms with Gasteiger partial charge in [0.1, 0.15) is 5.75 Å². The zero-order chi connectivity index (χ0) is 12.8. The number of amides is 1. The van der Waals surface area contributed by atoms with Crippen LogP contribution in [0.4, 0.5) is 0 Å². The number of carbonyl (C=O) groups excluding carboxylic acids is 1. The minimum Gasteiger partial charge on any atom is -0.484 e. The van der Waals surface area contributed by atoms with Gasteiger partial charge in [-0.05, 0) is 24.3 Å². The normalized spacial score (nSPS) is 10.1. The van der Waals surface area contributed by atoms with Gasteiger partial charge < -0.3 is 10.1 Å². The predicted octanol–water partition coefficient (Wildman–Crippen LogP) is 1.87. The van der Waals surface area contributed by atoms with Gasteiger partial charge in [0.2, 0.25) is 0 Å². The lowest BCUT2D eigenvalue weighted by Crippen LogP contribution is -2.28. The number of carbonyl (C=O) groups is 1. The monoisotopic (exact) mass is 309 g/mol. The third-order valence-corrected chi connectivity index (χ3v) is 2.69. The molecule has 1 aromatic heterocycles. The van der Waals surface area contributed by atoms with E-state index in [4.69, 9.17) is 4.74 Å². The van der Waals surface area contributed by atoms with Crippen molar-refractivity contribution >= 4 is 21.8 Å². The minimum absolute atomic E-state index is 0.00933. The SMILES string of the molecule is O=C(COc1cccc(Br)c1)NCc1ccn[nH]1. The Labute approximate surface area is 113 Å². The van der Waals surface area contributed by atoms with E-state index < -0.39 is 0 Å². The highest BCUT2D eigenvalue weighted by atomic mass is 79.9. The number of halogens is 1. The first-order valence-electron chi connectivity index (χ1n) is 5.37. The molecule has 1 aromatic carbocycles. The van der Waals surface area contributed by atoms with Crippen LogP contribution in [-0.4, -0.2) is 22.7 Å². The number of ether oxygens (including phenoxy) is 1. The van der Waals surface area contributed by atoms with E-state index in [0.717, 1.165) is 10.2 Å². The summed E-state index contributed by atoms with van der Waals surface area (Å²) in [5.41, 5.74) is 0.853. The summed E-state index contributed by atoms with van der Waals surface area (Å²) in [4.78, 5) is 11.5. The first kappa shape index (κ1) is 12.6. The van der Waals surface area contributed by atoms with Crippen LogP contribution in [0.3, 0.4) is 0 Å². The van der Waals surface area contributed by atoms with Crippen molar-refractivity contribution in [2.45, 2.75) is 6.54 Å². The summed E-state index contributed by atoms with van der Waals surface area (Å²) in [6, 6.07) is 9.15. The second kappa shape index (κ2) is 6.20. The molecular formula is C12H12BrN3O2. The molecule has 2 rings (SSSR count). The summed E-state index contributed by atoms with van der Waals surface area (Å²) in [6.45, 7) is 0.408. The fourth-order valence-electron chi connectivity index (χ4n) is 1.33. The van der Waals surface area contributed by atoms with Crippen LogP contribution >= 0.6 is 15.9 Å². The Hall–Kier alpha value is -1.82. The number of hydrogen-bond acceptors (Lipinski definition) is 3. The molecule has 0 unspecified atom stereocenters. The van der Waals surface area contributed by atoms with E-state index in [1.807, 2.05) is 18.2 Å². The van der Waals surface area contributed by atoms with Crippen LogP contribution in [0.25, 0.3) is 0 Å². The Morgan fingerprint density at radius 2 is 2.33 bits per heavy atom. The number of nitrogens with one attached hydrogen (secondary N) is 2. The molecule has 0 fully saturated rings. The molecule has 0 atom stereocenters. The standard InChI is InChI=1S/C12H12BrN3O2/c13-9-2-1-3-11(6-9)18-8-12(17)14-7-10-4-5-15-16-10/h1-6H,7-8H2,(H,14,17)(H,15,16). The summed E-state index contributed by atoms with van der Waals surface area (Å²) in [7, 11) is 0. The van der Waals surface area contributed by atoms with Crippen molar-refractivity contribution < 1.29 is 9.53 Å². The summed E-state index contributed by atoms with van der Waals surface area (Å²) < 4.78 is 6.27. The van der Waals surface area contributed by atoms with E-state index in [0.29, 0.717) is 12.3 Å². The maximum absolute atomic E-state index is 11.5. The molecular weight excluding hydrogens is 298 g/mol. The Kier molecular flexibility index (Phi) is 4.35. The zero-order valence-corrected chi connectivity index (χ0v) is 11.1. The highest BCUT2D eigenvalue weighted by Gasteiger charge is 2.03. The molecule has 5 nitrogen and oxygen atoms in total. The van der Waals surface area contributed by atoms with Crippen LogP contribution in [0, 0.1) is 0 Å². The van der Waals surface area contributed by atoms with Gasteiger partial charge in [0.15, 0.2) is 6.61 Å². The van der Waals surface area contributed by atoms with Crippen LogP contribution in [0.15, 0.2) is 41.0 Å². The van der Waals surface area contributed by atoms with E-state index in [-0.39, 0.29) is 12.5 Å². The lowest BCUT2D eigenvalue weighted by Gasteiger charge is -2.06. The van der Waals surface area contributed by atoms with E-state index in [1.54, 1.807) is 18.3 Å². The molecule has 0 radical (unpaired) electrons. The zero-order valence-electron chi connectivity index (χ0n) is 9.52. The Bertz CT molecular complexity index is 514. The fourth-order valence-corrected chi connectivity index (χ4v) is 1.71. The third kappa shape index (κ3) is 3.89. The molecule has 2 aromatic rings. The predicted molar refractivity (Wildman–Crippen MR) is 70.1 cm³/mol. The molecule has 94 valence electrons. The third-order valence-electron chi connectivity index (χ3n) is 2.20. The van der Waals surface area contributed by atoms with Gasteiger partial charge in [-0.3, -0.25) is 9.89 Å². The van der Waals surface area contributed by atoms with Crippen molar-refractivity contribution in [1.82, 2.24) is 15.5 Å². The minimum atomic E-state index is -0.176. The quantitative estimate of drug-likeness (QED) is 0.886. The van der Waals surface area contributed by atoms with Gasteiger partial charge in [-0.25, -0.2) is 0 Å². The average molecular weight is 310 g/mol. The maximum Gasteiger partial charge on any atom is 0.258 e. The highest BCUT2D eigenvalue weighted by molar-refractivity contribution is 9.10. The molecule has 0 bridgehead atoms. The number of nitrogens with zero attached hydrogens (tertiary/aromatic N) is 1. The van der Waals surface area contributed by atoms with E-state index >= 15 is 0 Å². The number of hydrogen-bond donors (Lipinski definition) is 2. The lowest BCUT2D eigenvalue weighted by molar-refractivity contribution is -0.123. The fraction of sp³-hybridized carbons (Fsp3) is 0.167. The summed E-state index contributed by atoms with van der Waals surface area (Å²) in [5, 5.41) is 9.28. The molecule has 1 heterocycles. The van der Waals surface area contributed by atoms with Crippen molar-refractivity contribution in [2.24, 2.45) is 0 Å². The number of benzene rings is 1. The summed E-state index contributed by atoms with van der Waals surface area (Å²) in [6.07, 6.45) is 1.64. The molecule has 6 heteroatoms. The first-order valence-corrected chi connectivity index (χ1v) is 6.16. The van der Waals surface area contributed by atoms with E-state index in [2.05, 4.69) is 31.4 Å². The molecule has 0 aliphatic heterocycles. The second-order valence-corrected chi connectivity index (χ2v) is 4.52. The van der Waals surface area contributed by atoms with Crippen molar-refractivity contribution in [3.63, 3.8) is 0 Å². The van der Waals surface area contributed by atoms with Gasteiger partial charge in [0.25, 0.3) is 5.91 Å². The molecule has 0 aliphatic carbocycles. The van der Waals surface area contributed by atoms with Crippen molar-refractivity contribution in [3.05, 3.63) is 46.7 Å². The van der Waals surface area contributed by atoms with Crippen molar-refractivity contribution in [3.8, 4) is 5.75 Å². The van der Waals surface area contributed by atoms with E-state index in [9.17, 15) is 4.79 Å². The number of aromatic nitrogens is 2. The Morgan fingerprint density at radius 3 is 3.06 bits per heavy atom. The van der Waals surface area contributed by atoms with Gasteiger partial charge in [-0.15, -0.1) is 0 Å². The molecule has 18 heavy (non-hydrogen) atoms. The highest BCUT2D eigenvalue weighted by Crippen LogP contribution is 2.17. The summed E-state index contributed by atoms with van der Waals surface area (Å²) in [5.74, 6) is 0.477. The van der Waals surface area contributed by atoms with Crippen molar-refractivity contribution in [2.75, 3.05) is 6.61 Å². The second-order valence-electron chi connectivity index (χ2n) is 3.60. The van der Waals surface area contributed by atoms with E-state index in [1.165, 1.54) is 0 Å².